The van der Waals surface area contributed by atoms with E-state index in [9.17, 15) is 14.4 Å². The monoisotopic (exact) mass is 503 g/mol. The van der Waals surface area contributed by atoms with Gasteiger partial charge in [0.15, 0.2) is 11.6 Å². The molecule has 8 heteroatoms. The summed E-state index contributed by atoms with van der Waals surface area (Å²) in [5, 5.41) is 12.1. The van der Waals surface area contributed by atoms with Gasteiger partial charge in [-0.15, -0.1) is 0 Å². The van der Waals surface area contributed by atoms with Crippen molar-refractivity contribution in [1.29, 1.82) is 5.26 Å². The zero-order chi connectivity index (χ0) is 26.4. The summed E-state index contributed by atoms with van der Waals surface area (Å²) in [6.45, 7) is 6.77. The minimum atomic E-state index is -0.453. The quantitative estimate of drug-likeness (QED) is 0.459. The Bertz CT molecular complexity index is 1260. The van der Waals surface area contributed by atoms with Gasteiger partial charge in [0.1, 0.15) is 12.4 Å². The number of halogens is 1. The van der Waals surface area contributed by atoms with Crippen molar-refractivity contribution in [3.8, 4) is 34.5 Å². The molecular formula is C29H34FN5O2. The predicted octanol–water partition coefficient (Wildman–Crippen LogP) is 4.67. The first-order valence-corrected chi connectivity index (χ1v) is 12.8. The van der Waals surface area contributed by atoms with Crippen LogP contribution < -0.4 is 10.1 Å². The zero-order valence-corrected chi connectivity index (χ0v) is 21.7. The zero-order valence-electron chi connectivity index (χ0n) is 21.7. The molecule has 37 heavy (non-hydrogen) atoms. The number of rotatable bonds is 9. The number of carbonyl (C=O) groups is 1. The third-order valence-electron chi connectivity index (χ3n) is 6.60. The summed E-state index contributed by atoms with van der Waals surface area (Å²) in [6.07, 6.45) is 4.86. The molecule has 1 aromatic heterocycles. The van der Waals surface area contributed by atoms with Crippen molar-refractivity contribution in [1.82, 2.24) is 19.8 Å². The first-order valence-electron chi connectivity index (χ1n) is 12.8. The Labute approximate surface area is 217 Å². The van der Waals surface area contributed by atoms with Crippen LogP contribution in [0.25, 0.3) is 22.6 Å². The van der Waals surface area contributed by atoms with Crippen molar-refractivity contribution in [2.24, 2.45) is 5.92 Å². The number of piperidine rings is 1. The standard InChI is InChI=1S/C29H34FN5O2/c1-20(2)32-28(36)19-35-18-26(33-29(35)24-10-11-25(30)27(15-24)37-3)23-8-6-21(7-9-23)12-14-34-13-4-5-22(16-31)17-34/h6-11,15,18,20,22H,4-5,12-14,17,19H2,1-3H3,(H,32,36). The number of likely N-dealkylation sites (tertiary alicyclic amines) is 1. The van der Waals surface area contributed by atoms with Crippen LogP contribution >= 0.6 is 0 Å². The Kier molecular flexibility index (Phi) is 8.57. The number of imidazole rings is 1. The molecule has 3 aromatic rings. The van der Waals surface area contributed by atoms with Crippen LogP contribution in [0.2, 0.25) is 0 Å². The highest BCUT2D eigenvalue weighted by molar-refractivity contribution is 5.77. The fraction of sp³-hybridized carbons (Fsp3) is 0.414. The van der Waals surface area contributed by atoms with Gasteiger partial charge >= 0.3 is 0 Å². The van der Waals surface area contributed by atoms with Gasteiger partial charge in [-0.25, -0.2) is 9.37 Å². The van der Waals surface area contributed by atoms with Crippen molar-refractivity contribution in [3.63, 3.8) is 0 Å². The van der Waals surface area contributed by atoms with Gasteiger partial charge in [-0.1, -0.05) is 24.3 Å². The van der Waals surface area contributed by atoms with Gasteiger partial charge in [-0.05, 0) is 63.4 Å². The number of methoxy groups -OCH3 is 1. The normalized spacial score (nSPS) is 15.9. The van der Waals surface area contributed by atoms with E-state index in [4.69, 9.17) is 9.72 Å². The van der Waals surface area contributed by atoms with Gasteiger partial charge in [0, 0.05) is 36.5 Å². The number of nitrogens with one attached hydrogen (secondary N) is 1. The van der Waals surface area contributed by atoms with Crippen molar-refractivity contribution in [2.45, 2.75) is 45.7 Å². The fourth-order valence-electron chi connectivity index (χ4n) is 4.72. The average Bonchev–Trinajstić information content (AvgIpc) is 3.31. The fourth-order valence-corrected chi connectivity index (χ4v) is 4.72. The van der Waals surface area contributed by atoms with E-state index >= 15 is 0 Å². The van der Waals surface area contributed by atoms with Crippen LogP contribution in [-0.2, 0) is 17.8 Å². The highest BCUT2D eigenvalue weighted by Gasteiger charge is 2.19. The van der Waals surface area contributed by atoms with Crippen LogP contribution in [0.5, 0.6) is 5.75 Å². The molecule has 7 nitrogen and oxygen atoms in total. The Balaban J connectivity index is 1.54. The summed E-state index contributed by atoms with van der Waals surface area (Å²) in [4.78, 5) is 19.7. The summed E-state index contributed by atoms with van der Waals surface area (Å²) in [6, 6.07) is 15.3. The first kappa shape index (κ1) is 26.4. The predicted molar refractivity (Wildman–Crippen MR) is 141 cm³/mol. The van der Waals surface area contributed by atoms with Gasteiger partial charge in [-0.3, -0.25) is 4.79 Å². The average molecular weight is 504 g/mol. The number of amides is 1. The molecule has 1 unspecified atom stereocenters. The van der Waals surface area contributed by atoms with Gasteiger partial charge in [0.25, 0.3) is 0 Å². The van der Waals surface area contributed by atoms with E-state index in [0.717, 1.165) is 50.2 Å². The van der Waals surface area contributed by atoms with Gasteiger partial charge in [0.2, 0.25) is 5.91 Å². The third-order valence-corrected chi connectivity index (χ3v) is 6.60. The summed E-state index contributed by atoms with van der Waals surface area (Å²) >= 11 is 0. The lowest BCUT2D eigenvalue weighted by molar-refractivity contribution is -0.122. The Hall–Kier alpha value is -3.70. The van der Waals surface area contributed by atoms with Crippen LogP contribution in [0.3, 0.4) is 0 Å². The van der Waals surface area contributed by atoms with E-state index < -0.39 is 5.82 Å². The maximum Gasteiger partial charge on any atom is 0.240 e. The maximum atomic E-state index is 14.0. The number of nitriles is 1. The SMILES string of the molecule is COc1cc(-c2nc(-c3ccc(CCN4CCCC(C#N)C4)cc3)cn2CC(=O)NC(C)C)ccc1F. The molecule has 1 saturated heterocycles. The Morgan fingerprint density at radius 3 is 2.70 bits per heavy atom. The molecule has 1 atom stereocenters. The van der Waals surface area contributed by atoms with E-state index in [1.807, 2.05) is 32.2 Å². The van der Waals surface area contributed by atoms with Crippen LogP contribution in [0, 0.1) is 23.1 Å². The highest BCUT2D eigenvalue weighted by Crippen LogP contribution is 2.29. The molecule has 0 radical (unpaired) electrons. The van der Waals surface area contributed by atoms with E-state index in [-0.39, 0.29) is 30.2 Å². The molecular weight excluding hydrogens is 469 g/mol. The lowest BCUT2D eigenvalue weighted by Crippen LogP contribution is -2.36. The molecule has 4 rings (SSSR count). The van der Waals surface area contributed by atoms with Crippen LogP contribution in [0.4, 0.5) is 4.39 Å². The molecule has 1 aliphatic heterocycles. The topological polar surface area (TPSA) is 83.2 Å². The smallest absolute Gasteiger partial charge is 0.240 e. The van der Waals surface area contributed by atoms with Crippen LogP contribution in [0.15, 0.2) is 48.7 Å². The minimum absolute atomic E-state index is 0.0214. The number of nitrogens with zero attached hydrogens (tertiary/aromatic N) is 4. The molecule has 0 saturated carbocycles. The summed E-state index contributed by atoms with van der Waals surface area (Å²) < 4.78 is 21.0. The lowest BCUT2D eigenvalue weighted by atomic mass is 9.99. The molecule has 2 aromatic carbocycles. The number of ether oxygens (including phenoxy) is 1. The van der Waals surface area contributed by atoms with E-state index in [0.29, 0.717) is 11.4 Å². The summed E-state index contributed by atoms with van der Waals surface area (Å²) in [5.41, 5.74) is 3.55. The largest absolute Gasteiger partial charge is 0.494 e. The van der Waals surface area contributed by atoms with Gasteiger partial charge in [0.05, 0.1) is 24.8 Å². The van der Waals surface area contributed by atoms with Crippen LogP contribution in [0.1, 0.15) is 32.3 Å². The molecule has 194 valence electrons. The second kappa shape index (κ2) is 12.0. The molecule has 1 fully saturated rings. The Morgan fingerprint density at radius 1 is 1.24 bits per heavy atom. The van der Waals surface area contributed by atoms with Gasteiger partial charge < -0.3 is 19.5 Å². The summed E-state index contributed by atoms with van der Waals surface area (Å²) in [7, 11) is 1.42. The number of hydrogen-bond donors (Lipinski definition) is 1. The van der Waals surface area contributed by atoms with E-state index in [2.05, 4.69) is 28.4 Å². The third kappa shape index (κ3) is 6.75. The first-order chi connectivity index (χ1) is 17.9. The van der Waals surface area contributed by atoms with Crippen molar-refractivity contribution in [3.05, 3.63) is 60.0 Å². The molecule has 0 spiro atoms. The molecule has 0 bridgehead atoms. The van der Waals surface area contributed by atoms with Crippen molar-refractivity contribution < 1.29 is 13.9 Å². The van der Waals surface area contributed by atoms with Crippen LogP contribution in [-0.4, -0.2) is 53.1 Å². The van der Waals surface area contributed by atoms with Gasteiger partial charge in [-0.2, -0.15) is 5.26 Å². The number of aromatic nitrogens is 2. The van der Waals surface area contributed by atoms with E-state index in [1.165, 1.54) is 18.7 Å². The maximum absolute atomic E-state index is 14.0. The summed E-state index contributed by atoms with van der Waals surface area (Å²) in [5.74, 6) is 0.253. The minimum Gasteiger partial charge on any atom is -0.494 e. The Morgan fingerprint density at radius 2 is 2.00 bits per heavy atom. The van der Waals surface area contributed by atoms with E-state index in [1.54, 1.807) is 16.7 Å². The second-order valence-electron chi connectivity index (χ2n) is 9.86. The van der Waals surface area contributed by atoms with Crippen molar-refractivity contribution >= 4 is 5.91 Å². The molecule has 2 heterocycles. The number of benzene rings is 2. The van der Waals surface area contributed by atoms with Crippen molar-refractivity contribution in [2.75, 3.05) is 26.7 Å². The molecule has 1 N–H and O–H groups in total. The molecule has 1 aliphatic rings. The number of carbonyl (C=O) groups excluding carboxylic acids is 1. The highest BCUT2D eigenvalue weighted by atomic mass is 19.1. The second-order valence-corrected chi connectivity index (χ2v) is 9.86. The molecule has 1 amide bonds. The lowest BCUT2D eigenvalue weighted by Gasteiger charge is -2.29. The number of hydrogen-bond acceptors (Lipinski definition) is 5. The molecule has 0 aliphatic carbocycles.